The number of hydrogen-bond donors (Lipinski definition) is 0. The van der Waals surface area contributed by atoms with E-state index in [2.05, 4.69) is 42.5 Å². The second kappa shape index (κ2) is 7.60. The van der Waals surface area contributed by atoms with E-state index in [9.17, 15) is 0 Å². The van der Waals surface area contributed by atoms with E-state index in [-0.39, 0.29) is 0 Å². The molecule has 0 amide bonds. The van der Waals surface area contributed by atoms with Gasteiger partial charge in [-0.2, -0.15) is 0 Å². The van der Waals surface area contributed by atoms with E-state index < -0.39 is 0 Å². The lowest BCUT2D eigenvalue weighted by molar-refractivity contribution is 0.868. The molecule has 0 aromatic carbocycles. The van der Waals surface area contributed by atoms with Gasteiger partial charge in [0.2, 0.25) is 0 Å². The third kappa shape index (κ3) is 6.15. The number of hydrogen-bond acceptors (Lipinski definition) is 0. The minimum absolute atomic E-state index is 1.02. The molecule has 0 bridgehead atoms. The Bertz CT molecular complexity index is 192. The van der Waals surface area contributed by atoms with Crippen molar-refractivity contribution in [1.29, 1.82) is 0 Å². The zero-order chi connectivity index (χ0) is 9.19. The van der Waals surface area contributed by atoms with Gasteiger partial charge in [-0.15, -0.1) is 0 Å². The van der Waals surface area contributed by atoms with Gasteiger partial charge in [0, 0.05) is 0 Å². The molecule has 1 rings (SSSR count). The third-order valence-electron chi connectivity index (χ3n) is 1.93. The van der Waals surface area contributed by atoms with Gasteiger partial charge >= 0.3 is 0 Å². The summed E-state index contributed by atoms with van der Waals surface area (Å²) in [6.45, 7) is 0. The molecule has 0 aromatic rings. The van der Waals surface area contributed by atoms with Gasteiger partial charge in [0.05, 0.1) is 0 Å². The first-order valence-electron chi connectivity index (χ1n) is 5.03. The van der Waals surface area contributed by atoms with Crippen molar-refractivity contribution in [2.75, 3.05) is 0 Å². The first kappa shape index (κ1) is 10.0. The average molecular weight is 173 g/mol. The summed E-state index contributed by atoms with van der Waals surface area (Å²) in [6.07, 6.45) is 24.0. The monoisotopic (exact) mass is 173 g/mol. The zero-order valence-corrected chi connectivity index (χ0v) is 8.08. The van der Waals surface area contributed by atoms with Crippen molar-refractivity contribution in [3.8, 4) is 0 Å². The maximum absolute atomic E-state index is 3.24. The molecule has 1 radical (unpaired) electrons. The normalized spacial score (nSPS) is 19.1. The van der Waals surface area contributed by atoms with E-state index in [1.807, 2.05) is 6.08 Å². The van der Waals surface area contributed by atoms with Crippen molar-refractivity contribution in [3.63, 3.8) is 0 Å². The van der Waals surface area contributed by atoms with Gasteiger partial charge in [-0.05, 0) is 38.2 Å². The van der Waals surface area contributed by atoms with E-state index in [0.717, 1.165) is 12.8 Å². The summed E-state index contributed by atoms with van der Waals surface area (Å²) in [4.78, 5) is 0. The topological polar surface area (TPSA) is 0 Å². The quantitative estimate of drug-likeness (QED) is 0.520. The van der Waals surface area contributed by atoms with Crippen LogP contribution in [0, 0.1) is 6.08 Å². The second-order valence-corrected chi connectivity index (χ2v) is 3.12. The molecule has 0 aliphatic heterocycles. The zero-order valence-electron chi connectivity index (χ0n) is 8.08. The minimum atomic E-state index is 1.02. The lowest BCUT2D eigenvalue weighted by Gasteiger charge is -1.87. The molecule has 13 heavy (non-hydrogen) atoms. The molecule has 0 nitrogen and oxygen atoms in total. The van der Waals surface area contributed by atoms with Crippen LogP contribution in [0.5, 0.6) is 0 Å². The fraction of sp³-hybridized carbons (Fsp3) is 0.385. The largest absolute Gasteiger partial charge is 0.0845 e. The Hall–Kier alpha value is -1.04. The van der Waals surface area contributed by atoms with Gasteiger partial charge < -0.3 is 0 Å². The molecule has 0 N–H and O–H groups in total. The van der Waals surface area contributed by atoms with Crippen molar-refractivity contribution >= 4 is 0 Å². The van der Waals surface area contributed by atoms with Gasteiger partial charge in [0.15, 0.2) is 0 Å². The summed E-state index contributed by atoms with van der Waals surface area (Å²) >= 11 is 0. The highest BCUT2D eigenvalue weighted by Crippen LogP contribution is 2.00. The highest BCUT2D eigenvalue weighted by atomic mass is 13.9. The molecule has 0 spiro atoms. The van der Waals surface area contributed by atoms with E-state index in [1.165, 1.54) is 19.3 Å². The lowest BCUT2D eigenvalue weighted by atomic mass is 10.2. The third-order valence-corrected chi connectivity index (χ3v) is 1.93. The summed E-state index contributed by atoms with van der Waals surface area (Å²) in [5.74, 6) is 0. The Morgan fingerprint density at radius 2 is 1.46 bits per heavy atom. The van der Waals surface area contributed by atoms with Crippen molar-refractivity contribution < 1.29 is 0 Å². The molecule has 0 heteroatoms. The van der Waals surface area contributed by atoms with Crippen LogP contribution in [0.15, 0.2) is 42.5 Å². The summed E-state index contributed by atoms with van der Waals surface area (Å²) < 4.78 is 0. The van der Waals surface area contributed by atoms with Gasteiger partial charge in [0.25, 0.3) is 0 Å². The Kier molecular flexibility index (Phi) is 5.87. The smallest absolute Gasteiger partial charge is 0.0241 e. The lowest BCUT2D eigenvalue weighted by Crippen LogP contribution is -1.67. The van der Waals surface area contributed by atoms with E-state index in [4.69, 9.17) is 0 Å². The van der Waals surface area contributed by atoms with Crippen LogP contribution in [0.1, 0.15) is 32.1 Å². The fourth-order valence-corrected chi connectivity index (χ4v) is 1.19. The van der Waals surface area contributed by atoms with Crippen LogP contribution >= 0.6 is 0 Å². The Balaban J connectivity index is 2.38. The predicted molar refractivity (Wildman–Crippen MR) is 58.3 cm³/mol. The number of rotatable bonds is 0. The Morgan fingerprint density at radius 3 is 2.31 bits per heavy atom. The van der Waals surface area contributed by atoms with Crippen LogP contribution in [-0.4, -0.2) is 0 Å². The van der Waals surface area contributed by atoms with Crippen LogP contribution < -0.4 is 0 Å². The molecule has 0 fully saturated rings. The van der Waals surface area contributed by atoms with Gasteiger partial charge in [-0.3, -0.25) is 0 Å². The highest BCUT2D eigenvalue weighted by Gasteiger charge is 1.80. The molecule has 1 aliphatic carbocycles. The average Bonchev–Trinajstić information content (AvgIpc) is 2.18. The van der Waals surface area contributed by atoms with Crippen LogP contribution in [0.3, 0.4) is 0 Å². The van der Waals surface area contributed by atoms with Crippen molar-refractivity contribution in [2.45, 2.75) is 32.1 Å². The SMILES string of the molecule is [C]1=CC=CCCCC=CC=CCC1. The predicted octanol–water partition coefficient (Wildman–Crippen LogP) is 3.98. The van der Waals surface area contributed by atoms with Crippen molar-refractivity contribution in [1.82, 2.24) is 0 Å². The van der Waals surface area contributed by atoms with Crippen LogP contribution in [0.25, 0.3) is 0 Å². The molecular weight excluding hydrogens is 156 g/mol. The highest BCUT2D eigenvalue weighted by molar-refractivity contribution is 5.04. The standard InChI is InChI=1S/C13H17/c1-2-4-6-8-10-12-13-11-9-7-5-3-1/h1-4,11-13H,5-9H2. The molecule has 69 valence electrons. The summed E-state index contributed by atoms with van der Waals surface area (Å²) in [7, 11) is 0. The fourth-order valence-electron chi connectivity index (χ4n) is 1.19. The summed E-state index contributed by atoms with van der Waals surface area (Å²) in [5, 5.41) is 0. The van der Waals surface area contributed by atoms with Crippen LogP contribution in [-0.2, 0) is 0 Å². The Labute approximate surface area is 81.4 Å². The molecular formula is C13H17. The molecule has 1 aliphatic rings. The van der Waals surface area contributed by atoms with Crippen molar-refractivity contribution in [2.24, 2.45) is 0 Å². The van der Waals surface area contributed by atoms with Gasteiger partial charge in [0.1, 0.15) is 0 Å². The molecule has 0 heterocycles. The molecule has 0 aromatic heterocycles. The molecule has 0 saturated carbocycles. The van der Waals surface area contributed by atoms with Crippen LogP contribution in [0.4, 0.5) is 0 Å². The maximum Gasteiger partial charge on any atom is -0.0241 e. The summed E-state index contributed by atoms with van der Waals surface area (Å²) in [6, 6.07) is 0. The summed E-state index contributed by atoms with van der Waals surface area (Å²) in [5.41, 5.74) is 0. The molecule has 0 unspecified atom stereocenters. The van der Waals surface area contributed by atoms with Crippen LogP contribution in [0.2, 0.25) is 0 Å². The first-order chi connectivity index (χ1) is 6.50. The Morgan fingerprint density at radius 1 is 0.769 bits per heavy atom. The first-order valence-corrected chi connectivity index (χ1v) is 5.03. The number of allylic oxidation sites excluding steroid dienone is 8. The minimum Gasteiger partial charge on any atom is -0.0845 e. The van der Waals surface area contributed by atoms with Gasteiger partial charge in [-0.1, -0.05) is 42.5 Å². The maximum atomic E-state index is 3.24. The van der Waals surface area contributed by atoms with Gasteiger partial charge in [-0.25, -0.2) is 0 Å². The molecule has 0 atom stereocenters. The van der Waals surface area contributed by atoms with E-state index >= 15 is 0 Å². The second-order valence-electron chi connectivity index (χ2n) is 3.12. The molecule has 0 saturated heterocycles. The van der Waals surface area contributed by atoms with E-state index in [1.54, 1.807) is 0 Å². The van der Waals surface area contributed by atoms with E-state index in [0.29, 0.717) is 0 Å². The van der Waals surface area contributed by atoms with Crippen molar-refractivity contribution in [3.05, 3.63) is 48.6 Å².